The molecule has 1 aliphatic rings. The predicted octanol–water partition coefficient (Wildman–Crippen LogP) is 3.74. The summed E-state index contributed by atoms with van der Waals surface area (Å²) in [5.74, 6) is 2.42. The first kappa shape index (κ1) is 17.8. The summed E-state index contributed by atoms with van der Waals surface area (Å²) in [5.41, 5.74) is 3.24. The van der Waals surface area contributed by atoms with Crippen LogP contribution in [0, 0.1) is 5.92 Å². The van der Waals surface area contributed by atoms with Gasteiger partial charge in [-0.1, -0.05) is 24.3 Å². The molecule has 1 saturated carbocycles. The molecule has 0 spiro atoms. The van der Waals surface area contributed by atoms with Crippen molar-refractivity contribution in [2.24, 2.45) is 5.92 Å². The van der Waals surface area contributed by atoms with Crippen molar-refractivity contribution >= 4 is 0 Å². The Labute approximate surface area is 149 Å². The SMILES string of the molecule is COCOc1cc(CCc2ccc(OCC3CC3)cc2)ccc1CO. The summed E-state index contributed by atoms with van der Waals surface area (Å²) in [7, 11) is 1.58. The van der Waals surface area contributed by atoms with Crippen molar-refractivity contribution in [1.82, 2.24) is 0 Å². The summed E-state index contributed by atoms with van der Waals surface area (Å²) in [6, 6.07) is 14.3. The summed E-state index contributed by atoms with van der Waals surface area (Å²) < 4.78 is 16.3. The van der Waals surface area contributed by atoms with Gasteiger partial charge in [-0.15, -0.1) is 0 Å². The molecule has 2 aromatic carbocycles. The Hall–Kier alpha value is -2.04. The number of aliphatic hydroxyl groups is 1. The largest absolute Gasteiger partial charge is 0.493 e. The van der Waals surface area contributed by atoms with Crippen LogP contribution in [0.5, 0.6) is 11.5 Å². The number of ether oxygens (including phenoxy) is 3. The van der Waals surface area contributed by atoms with Gasteiger partial charge in [-0.25, -0.2) is 0 Å². The highest BCUT2D eigenvalue weighted by Gasteiger charge is 2.21. The lowest BCUT2D eigenvalue weighted by Crippen LogP contribution is -2.03. The number of methoxy groups -OCH3 is 1. The van der Waals surface area contributed by atoms with Crippen LogP contribution >= 0.6 is 0 Å². The van der Waals surface area contributed by atoms with Gasteiger partial charge < -0.3 is 19.3 Å². The highest BCUT2D eigenvalue weighted by atomic mass is 16.7. The van der Waals surface area contributed by atoms with Crippen LogP contribution in [-0.4, -0.2) is 25.6 Å². The molecule has 0 unspecified atom stereocenters. The maximum Gasteiger partial charge on any atom is 0.188 e. The molecular formula is C21H26O4. The summed E-state index contributed by atoms with van der Waals surface area (Å²) >= 11 is 0. The zero-order chi connectivity index (χ0) is 17.5. The lowest BCUT2D eigenvalue weighted by Gasteiger charge is -2.11. The molecule has 0 aromatic heterocycles. The van der Waals surface area contributed by atoms with E-state index in [9.17, 15) is 5.11 Å². The fourth-order valence-electron chi connectivity index (χ4n) is 2.68. The molecule has 4 nitrogen and oxygen atoms in total. The van der Waals surface area contributed by atoms with Crippen LogP contribution in [0.2, 0.25) is 0 Å². The number of rotatable bonds is 10. The highest BCUT2D eigenvalue weighted by Crippen LogP contribution is 2.29. The van der Waals surface area contributed by atoms with E-state index in [2.05, 4.69) is 24.3 Å². The highest BCUT2D eigenvalue weighted by molar-refractivity contribution is 5.38. The van der Waals surface area contributed by atoms with Crippen LogP contribution in [0.4, 0.5) is 0 Å². The molecule has 0 radical (unpaired) electrons. The first-order chi connectivity index (χ1) is 12.3. The molecule has 3 rings (SSSR count). The zero-order valence-electron chi connectivity index (χ0n) is 14.7. The molecule has 2 aromatic rings. The van der Waals surface area contributed by atoms with Crippen LogP contribution in [0.1, 0.15) is 29.5 Å². The third kappa shape index (κ3) is 5.48. The Morgan fingerprint density at radius 3 is 2.36 bits per heavy atom. The average molecular weight is 342 g/mol. The summed E-state index contributed by atoms with van der Waals surface area (Å²) in [4.78, 5) is 0. The van der Waals surface area contributed by atoms with Gasteiger partial charge in [0.25, 0.3) is 0 Å². The van der Waals surface area contributed by atoms with E-state index in [1.807, 2.05) is 18.2 Å². The Bertz CT molecular complexity index is 662. The Balaban J connectivity index is 1.54. The Morgan fingerprint density at radius 1 is 0.960 bits per heavy atom. The number of hydrogen-bond acceptors (Lipinski definition) is 4. The van der Waals surface area contributed by atoms with Crippen molar-refractivity contribution in [3.05, 3.63) is 59.2 Å². The van der Waals surface area contributed by atoms with Crippen LogP contribution in [0.15, 0.2) is 42.5 Å². The van der Waals surface area contributed by atoms with Crippen LogP contribution < -0.4 is 9.47 Å². The second-order valence-electron chi connectivity index (χ2n) is 6.55. The van der Waals surface area contributed by atoms with E-state index < -0.39 is 0 Å². The van der Waals surface area contributed by atoms with Gasteiger partial charge in [-0.05, 0) is 60.9 Å². The van der Waals surface area contributed by atoms with Crippen LogP contribution in [-0.2, 0) is 24.2 Å². The van der Waals surface area contributed by atoms with Crippen molar-refractivity contribution < 1.29 is 19.3 Å². The van der Waals surface area contributed by atoms with Gasteiger partial charge in [0.2, 0.25) is 0 Å². The smallest absolute Gasteiger partial charge is 0.188 e. The number of benzene rings is 2. The maximum atomic E-state index is 9.39. The van der Waals surface area contributed by atoms with E-state index in [-0.39, 0.29) is 13.4 Å². The molecule has 0 bridgehead atoms. The van der Waals surface area contributed by atoms with E-state index in [4.69, 9.17) is 14.2 Å². The first-order valence-corrected chi connectivity index (χ1v) is 8.84. The molecule has 0 saturated heterocycles. The quantitative estimate of drug-likeness (QED) is 0.668. The molecule has 0 amide bonds. The number of aliphatic hydroxyl groups excluding tert-OH is 1. The van der Waals surface area contributed by atoms with Crippen LogP contribution in [0.25, 0.3) is 0 Å². The molecule has 1 fully saturated rings. The van der Waals surface area contributed by atoms with Gasteiger partial charge in [0.1, 0.15) is 11.5 Å². The monoisotopic (exact) mass is 342 g/mol. The zero-order valence-corrected chi connectivity index (χ0v) is 14.7. The fraction of sp³-hybridized carbons (Fsp3) is 0.429. The van der Waals surface area contributed by atoms with Gasteiger partial charge in [-0.2, -0.15) is 0 Å². The molecule has 4 heteroatoms. The average Bonchev–Trinajstić information content (AvgIpc) is 3.48. The minimum Gasteiger partial charge on any atom is -0.493 e. The Morgan fingerprint density at radius 2 is 1.68 bits per heavy atom. The minimum atomic E-state index is -0.0400. The van der Waals surface area contributed by atoms with E-state index in [1.54, 1.807) is 7.11 Å². The molecule has 1 N–H and O–H groups in total. The van der Waals surface area contributed by atoms with Crippen molar-refractivity contribution in [2.75, 3.05) is 20.5 Å². The summed E-state index contributed by atoms with van der Waals surface area (Å²) in [6.07, 6.45) is 4.48. The van der Waals surface area contributed by atoms with Crippen molar-refractivity contribution in [2.45, 2.75) is 32.3 Å². The topological polar surface area (TPSA) is 47.9 Å². The molecule has 0 atom stereocenters. The molecule has 0 heterocycles. The summed E-state index contributed by atoms with van der Waals surface area (Å²) in [6.45, 7) is 0.987. The normalized spacial score (nSPS) is 13.7. The number of aryl methyl sites for hydroxylation is 2. The van der Waals surface area contributed by atoms with Gasteiger partial charge >= 0.3 is 0 Å². The van der Waals surface area contributed by atoms with Crippen molar-refractivity contribution in [3.63, 3.8) is 0 Å². The molecule has 134 valence electrons. The standard InChI is InChI=1S/C21H26O4/c1-23-15-25-21-12-17(6-9-19(21)13-22)3-2-16-7-10-20(11-8-16)24-14-18-4-5-18/h6-12,18,22H,2-5,13-15H2,1H3. The molecular weight excluding hydrogens is 316 g/mol. The maximum absolute atomic E-state index is 9.39. The van der Waals surface area contributed by atoms with Crippen molar-refractivity contribution in [1.29, 1.82) is 0 Å². The van der Waals surface area contributed by atoms with E-state index in [0.717, 1.165) is 36.7 Å². The second kappa shape index (κ2) is 8.88. The lowest BCUT2D eigenvalue weighted by molar-refractivity contribution is 0.0494. The molecule has 0 aliphatic heterocycles. The fourth-order valence-corrected chi connectivity index (χ4v) is 2.68. The van der Waals surface area contributed by atoms with Gasteiger partial charge in [0, 0.05) is 12.7 Å². The third-order valence-corrected chi connectivity index (χ3v) is 4.44. The number of hydrogen-bond donors (Lipinski definition) is 1. The lowest BCUT2D eigenvalue weighted by atomic mass is 10.0. The molecule has 1 aliphatic carbocycles. The molecule has 25 heavy (non-hydrogen) atoms. The third-order valence-electron chi connectivity index (χ3n) is 4.44. The second-order valence-corrected chi connectivity index (χ2v) is 6.55. The van der Waals surface area contributed by atoms with Crippen LogP contribution in [0.3, 0.4) is 0 Å². The van der Waals surface area contributed by atoms with Gasteiger partial charge in [0.05, 0.1) is 13.2 Å². The Kier molecular flexibility index (Phi) is 6.31. The van der Waals surface area contributed by atoms with E-state index in [1.165, 1.54) is 24.0 Å². The van der Waals surface area contributed by atoms with E-state index >= 15 is 0 Å². The first-order valence-electron chi connectivity index (χ1n) is 8.84. The predicted molar refractivity (Wildman–Crippen MR) is 96.9 cm³/mol. The minimum absolute atomic E-state index is 0.0400. The van der Waals surface area contributed by atoms with Gasteiger partial charge in [-0.3, -0.25) is 0 Å². The van der Waals surface area contributed by atoms with E-state index in [0.29, 0.717) is 5.75 Å². The van der Waals surface area contributed by atoms with Gasteiger partial charge in [0.15, 0.2) is 6.79 Å². The summed E-state index contributed by atoms with van der Waals surface area (Å²) in [5, 5.41) is 9.39. The van der Waals surface area contributed by atoms with Crippen molar-refractivity contribution in [3.8, 4) is 11.5 Å².